The Morgan fingerprint density at radius 2 is 1.52 bits per heavy atom. The Morgan fingerprint density at radius 1 is 0.864 bits per heavy atom. The van der Waals surface area contributed by atoms with E-state index in [4.69, 9.17) is 14.2 Å². The van der Waals surface area contributed by atoms with Gasteiger partial charge in [-0.2, -0.15) is 0 Å². The van der Waals surface area contributed by atoms with Crippen molar-refractivity contribution in [2.45, 2.75) is 64.6 Å². The molecule has 1 N–H and O–H groups in total. The van der Waals surface area contributed by atoms with Gasteiger partial charge in [0.05, 0.1) is 31.9 Å². The van der Waals surface area contributed by atoms with Crippen LogP contribution >= 0.6 is 0 Å². The van der Waals surface area contributed by atoms with E-state index >= 15 is 0 Å². The van der Waals surface area contributed by atoms with E-state index < -0.39 is 28.5 Å². The molecule has 10 nitrogen and oxygen atoms in total. The Morgan fingerprint density at radius 3 is 2.09 bits per heavy atom. The summed E-state index contributed by atoms with van der Waals surface area (Å²) in [5, 5.41) is 2.90. The number of benzene rings is 3. The second kappa shape index (κ2) is 15.0. The highest BCUT2D eigenvalue weighted by atomic mass is 32.2. The van der Waals surface area contributed by atoms with Crippen molar-refractivity contribution in [2.24, 2.45) is 0 Å². The molecule has 0 heterocycles. The molecule has 0 spiro atoms. The van der Waals surface area contributed by atoms with Gasteiger partial charge in [0, 0.05) is 18.7 Å². The molecule has 0 saturated carbocycles. The van der Waals surface area contributed by atoms with Crippen molar-refractivity contribution in [3.05, 3.63) is 77.4 Å². The van der Waals surface area contributed by atoms with Gasteiger partial charge in [-0.3, -0.25) is 13.9 Å². The summed E-state index contributed by atoms with van der Waals surface area (Å²) < 4.78 is 45.7. The molecule has 0 aliphatic rings. The number of nitrogens with zero attached hydrogens (tertiary/aromatic N) is 2. The van der Waals surface area contributed by atoms with Crippen LogP contribution in [0, 0.1) is 13.8 Å². The number of rotatable bonds is 14. The third-order valence-corrected chi connectivity index (χ3v) is 8.79. The van der Waals surface area contributed by atoms with Crippen molar-refractivity contribution in [3.8, 4) is 17.2 Å². The first-order valence-corrected chi connectivity index (χ1v) is 15.8. The average Bonchev–Trinajstić information content (AvgIpc) is 2.98. The van der Waals surface area contributed by atoms with E-state index in [0.717, 1.165) is 21.0 Å². The topological polar surface area (TPSA) is 114 Å². The van der Waals surface area contributed by atoms with Crippen molar-refractivity contribution < 1.29 is 32.2 Å². The summed E-state index contributed by atoms with van der Waals surface area (Å²) in [6.45, 7) is 8.74. The highest BCUT2D eigenvalue weighted by molar-refractivity contribution is 7.92. The van der Waals surface area contributed by atoms with Crippen LogP contribution < -0.4 is 23.8 Å². The predicted molar refractivity (Wildman–Crippen MR) is 171 cm³/mol. The van der Waals surface area contributed by atoms with Gasteiger partial charge in [0.15, 0.2) is 11.5 Å². The monoisotopic (exact) mass is 625 g/mol. The van der Waals surface area contributed by atoms with Gasteiger partial charge in [0.25, 0.3) is 10.0 Å². The molecule has 0 radical (unpaired) electrons. The van der Waals surface area contributed by atoms with Crippen molar-refractivity contribution in [2.75, 3.05) is 32.2 Å². The normalized spacial score (nSPS) is 11.9. The van der Waals surface area contributed by atoms with Crippen LogP contribution in [0.1, 0.15) is 43.9 Å². The largest absolute Gasteiger partial charge is 0.497 e. The second-order valence-corrected chi connectivity index (χ2v) is 12.7. The predicted octanol–water partition coefficient (Wildman–Crippen LogP) is 4.86. The summed E-state index contributed by atoms with van der Waals surface area (Å²) in [6.07, 6.45) is 0.320. The maximum absolute atomic E-state index is 14.3. The van der Waals surface area contributed by atoms with Crippen LogP contribution in [0.2, 0.25) is 0 Å². The summed E-state index contributed by atoms with van der Waals surface area (Å²) in [7, 11) is 0.131. The number of aryl methyl sites for hydroxylation is 2. The first kappa shape index (κ1) is 34.2. The van der Waals surface area contributed by atoms with E-state index in [2.05, 4.69) is 5.32 Å². The van der Waals surface area contributed by atoms with E-state index in [9.17, 15) is 18.0 Å². The maximum Gasteiger partial charge on any atom is 0.264 e. The lowest BCUT2D eigenvalue weighted by Crippen LogP contribution is -2.53. The Hall–Kier alpha value is -4.25. The van der Waals surface area contributed by atoms with Crippen molar-refractivity contribution >= 4 is 27.5 Å². The number of hydrogen-bond donors (Lipinski definition) is 1. The third kappa shape index (κ3) is 8.22. The molecule has 3 rings (SSSR count). The second-order valence-electron chi connectivity index (χ2n) is 10.8. The molecule has 0 fully saturated rings. The standard InChI is InChI=1S/C33H43N3O7S/c1-9-29(33(38)34-22(2)3)35(20-25-11-10-12-27(18-25)41-6)32(37)21-36(26-16-23(4)15-24(5)17-26)44(39,40)28-13-14-30(42-7)31(19-28)43-8/h10-19,22,29H,9,20-21H2,1-8H3,(H,34,38)/t29-/m0/s1. The highest BCUT2D eigenvalue weighted by Gasteiger charge is 2.34. The minimum atomic E-state index is -4.30. The molecule has 44 heavy (non-hydrogen) atoms. The number of carbonyl (C=O) groups is 2. The SMILES string of the molecule is CC[C@@H](C(=O)NC(C)C)N(Cc1cccc(OC)c1)C(=O)CN(c1cc(C)cc(C)c1)S(=O)(=O)c1ccc(OC)c(OC)c1. The van der Waals surface area contributed by atoms with Crippen LogP contribution in [0.25, 0.3) is 0 Å². The molecule has 0 saturated heterocycles. The van der Waals surface area contributed by atoms with Gasteiger partial charge in [0.2, 0.25) is 11.8 Å². The zero-order valence-corrected chi connectivity index (χ0v) is 27.5. The smallest absolute Gasteiger partial charge is 0.264 e. The molecular weight excluding hydrogens is 582 g/mol. The molecule has 2 amide bonds. The molecule has 0 aromatic heterocycles. The maximum atomic E-state index is 14.3. The van der Waals surface area contributed by atoms with Crippen molar-refractivity contribution in [1.29, 1.82) is 0 Å². The fourth-order valence-electron chi connectivity index (χ4n) is 5.00. The average molecular weight is 626 g/mol. The van der Waals surface area contributed by atoms with Crippen LogP contribution in [-0.2, 0) is 26.2 Å². The number of sulfonamides is 1. The van der Waals surface area contributed by atoms with Crippen LogP contribution in [-0.4, -0.2) is 65.1 Å². The highest BCUT2D eigenvalue weighted by Crippen LogP contribution is 2.33. The van der Waals surface area contributed by atoms with Crippen molar-refractivity contribution in [1.82, 2.24) is 10.2 Å². The summed E-state index contributed by atoms with van der Waals surface area (Å²) in [4.78, 5) is 29.0. The lowest BCUT2D eigenvalue weighted by molar-refractivity contribution is -0.140. The quantitative estimate of drug-likeness (QED) is 0.272. The molecule has 11 heteroatoms. The van der Waals surface area contributed by atoms with E-state index in [1.807, 2.05) is 46.8 Å². The van der Waals surface area contributed by atoms with Crippen LogP contribution in [0.5, 0.6) is 17.2 Å². The molecular formula is C33H43N3O7S. The van der Waals surface area contributed by atoms with E-state index in [1.54, 1.807) is 37.4 Å². The minimum Gasteiger partial charge on any atom is -0.497 e. The number of nitrogens with one attached hydrogen (secondary N) is 1. The van der Waals surface area contributed by atoms with Gasteiger partial charge in [-0.25, -0.2) is 8.42 Å². The molecule has 0 unspecified atom stereocenters. The van der Waals surface area contributed by atoms with E-state index in [-0.39, 0.29) is 29.1 Å². The zero-order chi connectivity index (χ0) is 32.6. The lowest BCUT2D eigenvalue weighted by Gasteiger charge is -2.33. The molecule has 0 bridgehead atoms. The van der Waals surface area contributed by atoms with Crippen LogP contribution in [0.3, 0.4) is 0 Å². The van der Waals surface area contributed by atoms with Gasteiger partial charge >= 0.3 is 0 Å². The number of ether oxygens (including phenoxy) is 3. The van der Waals surface area contributed by atoms with Crippen LogP contribution in [0.15, 0.2) is 65.6 Å². The lowest BCUT2D eigenvalue weighted by atomic mass is 10.1. The molecule has 3 aromatic carbocycles. The molecule has 3 aromatic rings. The van der Waals surface area contributed by atoms with Gasteiger partial charge in [0.1, 0.15) is 18.3 Å². The summed E-state index contributed by atoms with van der Waals surface area (Å²) in [5.74, 6) is 0.340. The van der Waals surface area contributed by atoms with E-state index in [0.29, 0.717) is 23.6 Å². The summed E-state index contributed by atoms with van der Waals surface area (Å²) >= 11 is 0. The molecule has 0 aliphatic heterocycles. The fraction of sp³-hybridized carbons (Fsp3) is 0.394. The first-order valence-electron chi connectivity index (χ1n) is 14.4. The van der Waals surface area contributed by atoms with Gasteiger partial charge < -0.3 is 24.4 Å². The minimum absolute atomic E-state index is 0.0666. The van der Waals surface area contributed by atoms with Gasteiger partial charge in [-0.05, 0) is 87.2 Å². The molecule has 238 valence electrons. The number of anilines is 1. The third-order valence-electron chi connectivity index (χ3n) is 7.02. The molecule has 1 atom stereocenters. The Balaban J connectivity index is 2.15. The Kier molecular flexibility index (Phi) is 11.6. The van der Waals surface area contributed by atoms with Crippen molar-refractivity contribution in [3.63, 3.8) is 0 Å². The Bertz CT molecular complexity index is 1550. The first-order chi connectivity index (χ1) is 20.8. The summed E-state index contributed by atoms with van der Waals surface area (Å²) in [6, 6.07) is 15.9. The summed E-state index contributed by atoms with van der Waals surface area (Å²) in [5.41, 5.74) is 2.72. The zero-order valence-electron chi connectivity index (χ0n) is 26.7. The number of methoxy groups -OCH3 is 3. The van der Waals surface area contributed by atoms with E-state index in [1.165, 1.54) is 37.3 Å². The Labute approximate surface area is 261 Å². The number of amides is 2. The van der Waals surface area contributed by atoms with Crippen LogP contribution in [0.4, 0.5) is 5.69 Å². The fourth-order valence-corrected chi connectivity index (χ4v) is 6.41. The number of carbonyl (C=O) groups excluding carboxylic acids is 2. The van der Waals surface area contributed by atoms with Gasteiger partial charge in [-0.1, -0.05) is 25.1 Å². The number of hydrogen-bond acceptors (Lipinski definition) is 7. The van der Waals surface area contributed by atoms with Gasteiger partial charge in [-0.15, -0.1) is 0 Å². The molecule has 0 aliphatic carbocycles.